The van der Waals surface area contributed by atoms with Gasteiger partial charge in [0, 0.05) is 0 Å². The topological polar surface area (TPSA) is 67.4 Å². The lowest BCUT2D eigenvalue weighted by Crippen LogP contribution is -2.36. The van der Waals surface area contributed by atoms with E-state index >= 15 is 0 Å². The van der Waals surface area contributed by atoms with E-state index in [-0.39, 0.29) is 18.9 Å². The summed E-state index contributed by atoms with van der Waals surface area (Å²) in [6, 6.07) is 3.52. The molecule has 1 aromatic rings. The Morgan fingerprint density at radius 1 is 1.23 bits per heavy atom. The summed E-state index contributed by atoms with van der Waals surface area (Å²) in [7, 11) is 2.77. The van der Waals surface area contributed by atoms with Crippen molar-refractivity contribution in [1.29, 1.82) is 0 Å². The molecule has 8 heteroatoms. The van der Waals surface area contributed by atoms with Crippen LogP contribution in [0.15, 0.2) is 24.3 Å². The van der Waals surface area contributed by atoms with Crippen molar-refractivity contribution in [3.63, 3.8) is 0 Å². The lowest BCUT2D eigenvalue weighted by atomic mass is 10.0. The van der Waals surface area contributed by atoms with Crippen molar-refractivity contribution in [3.8, 4) is 0 Å². The van der Waals surface area contributed by atoms with E-state index < -0.39 is 23.8 Å². The van der Waals surface area contributed by atoms with E-state index in [0.29, 0.717) is 5.56 Å². The standard InChI is InChI=1S/C14H17F3N2O3/c1-18-8-12(20)19-11(7-13(21)22-2)9-3-5-10(6-4-9)14(15,16)17/h3-6,11,18H,7-8H2,1-2H3,(H,19,20). The van der Waals surface area contributed by atoms with Crippen molar-refractivity contribution >= 4 is 11.9 Å². The molecule has 0 aliphatic heterocycles. The van der Waals surface area contributed by atoms with Gasteiger partial charge in [-0.05, 0) is 24.7 Å². The number of halogens is 3. The minimum absolute atomic E-state index is 0.0261. The first-order valence-electron chi connectivity index (χ1n) is 6.46. The maximum absolute atomic E-state index is 12.5. The fourth-order valence-corrected chi connectivity index (χ4v) is 1.81. The number of hydrogen-bond donors (Lipinski definition) is 2. The smallest absolute Gasteiger partial charge is 0.416 e. The number of alkyl halides is 3. The number of nitrogens with one attached hydrogen (secondary N) is 2. The second kappa shape index (κ2) is 7.79. The van der Waals surface area contributed by atoms with Crippen LogP contribution in [0.1, 0.15) is 23.6 Å². The molecule has 22 heavy (non-hydrogen) atoms. The molecular formula is C14H17F3N2O3. The van der Waals surface area contributed by atoms with Crippen molar-refractivity contribution in [2.24, 2.45) is 0 Å². The van der Waals surface area contributed by atoms with Crippen LogP contribution in [0.3, 0.4) is 0 Å². The fourth-order valence-electron chi connectivity index (χ4n) is 1.81. The third-order valence-electron chi connectivity index (χ3n) is 2.91. The van der Waals surface area contributed by atoms with E-state index in [2.05, 4.69) is 15.4 Å². The molecule has 1 amide bonds. The predicted molar refractivity (Wildman–Crippen MR) is 72.9 cm³/mol. The molecule has 0 aliphatic rings. The van der Waals surface area contributed by atoms with E-state index in [9.17, 15) is 22.8 Å². The molecule has 0 spiro atoms. The SMILES string of the molecule is CNCC(=O)NC(CC(=O)OC)c1ccc(C(F)(F)F)cc1. The summed E-state index contributed by atoms with van der Waals surface area (Å²) in [6.45, 7) is 0.0261. The molecule has 0 radical (unpaired) electrons. The third kappa shape index (κ3) is 5.36. The summed E-state index contributed by atoms with van der Waals surface area (Å²) in [6.07, 6.45) is -4.61. The Hall–Kier alpha value is -2.09. The monoisotopic (exact) mass is 318 g/mol. The summed E-state index contributed by atoms with van der Waals surface area (Å²) in [5.74, 6) is -0.953. The number of carbonyl (C=O) groups excluding carboxylic acids is 2. The molecule has 1 rings (SSSR count). The first-order valence-corrected chi connectivity index (χ1v) is 6.46. The number of amides is 1. The lowest BCUT2D eigenvalue weighted by Gasteiger charge is -2.19. The van der Waals surface area contributed by atoms with Gasteiger partial charge in [-0.3, -0.25) is 9.59 Å². The maximum atomic E-state index is 12.5. The van der Waals surface area contributed by atoms with Gasteiger partial charge in [0.25, 0.3) is 0 Å². The van der Waals surface area contributed by atoms with Gasteiger partial charge in [-0.25, -0.2) is 0 Å². The van der Waals surface area contributed by atoms with Gasteiger partial charge in [-0.1, -0.05) is 12.1 Å². The molecule has 5 nitrogen and oxygen atoms in total. The van der Waals surface area contributed by atoms with Gasteiger partial charge in [0.15, 0.2) is 0 Å². The number of ether oxygens (including phenoxy) is 1. The first-order chi connectivity index (χ1) is 10.3. The number of esters is 1. The molecule has 122 valence electrons. The molecule has 1 unspecified atom stereocenters. The van der Waals surface area contributed by atoms with Gasteiger partial charge in [0.1, 0.15) is 0 Å². The molecule has 0 saturated carbocycles. The average Bonchev–Trinajstić information content (AvgIpc) is 2.46. The highest BCUT2D eigenvalue weighted by Crippen LogP contribution is 2.30. The van der Waals surface area contributed by atoms with Crippen LogP contribution < -0.4 is 10.6 Å². The van der Waals surface area contributed by atoms with Crippen LogP contribution >= 0.6 is 0 Å². The van der Waals surface area contributed by atoms with E-state index in [1.807, 2.05) is 0 Å². The molecule has 0 saturated heterocycles. The molecule has 0 heterocycles. The van der Waals surface area contributed by atoms with Crippen LogP contribution in [-0.4, -0.2) is 32.6 Å². The number of methoxy groups -OCH3 is 1. The van der Waals surface area contributed by atoms with Gasteiger partial charge in [0.05, 0.1) is 31.7 Å². The molecular weight excluding hydrogens is 301 g/mol. The van der Waals surface area contributed by atoms with Crippen molar-refractivity contribution in [3.05, 3.63) is 35.4 Å². The molecule has 0 aliphatic carbocycles. The van der Waals surface area contributed by atoms with Gasteiger partial charge in [0.2, 0.25) is 5.91 Å². The molecule has 0 bridgehead atoms. The number of carbonyl (C=O) groups is 2. The Balaban J connectivity index is 2.94. The van der Waals surface area contributed by atoms with Gasteiger partial charge in [-0.2, -0.15) is 13.2 Å². The van der Waals surface area contributed by atoms with Gasteiger partial charge in [-0.15, -0.1) is 0 Å². The van der Waals surface area contributed by atoms with E-state index in [0.717, 1.165) is 12.1 Å². The van der Waals surface area contributed by atoms with Crippen molar-refractivity contribution < 1.29 is 27.5 Å². The fraction of sp³-hybridized carbons (Fsp3) is 0.429. The highest BCUT2D eigenvalue weighted by molar-refractivity contribution is 5.79. The molecule has 1 aromatic carbocycles. The van der Waals surface area contributed by atoms with Crippen LogP contribution in [-0.2, 0) is 20.5 Å². The number of likely N-dealkylation sites (N-methyl/N-ethyl adjacent to an activating group) is 1. The average molecular weight is 318 g/mol. The zero-order valence-corrected chi connectivity index (χ0v) is 12.2. The van der Waals surface area contributed by atoms with E-state index in [4.69, 9.17) is 0 Å². The van der Waals surface area contributed by atoms with Crippen molar-refractivity contribution in [2.45, 2.75) is 18.6 Å². The van der Waals surface area contributed by atoms with Crippen molar-refractivity contribution in [1.82, 2.24) is 10.6 Å². The molecule has 1 atom stereocenters. The second-order valence-electron chi connectivity index (χ2n) is 4.55. The quantitative estimate of drug-likeness (QED) is 0.783. The Morgan fingerprint density at radius 3 is 2.27 bits per heavy atom. The summed E-state index contributed by atoms with van der Waals surface area (Å²) in [5, 5.41) is 5.22. The number of rotatable bonds is 6. The Bertz CT molecular complexity index is 515. The summed E-state index contributed by atoms with van der Waals surface area (Å²) >= 11 is 0. The second-order valence-corrected chi connectivity index (χ2v) is 4.55. The predicted octanol–water partition coefficient (Wildman–Crippen LogP) is 1.65. The highest BCUT2D eigenvalue weighted by atomic mass is 19.4. The minimum Gasteiger partial charge on any atom is -0.469 e. The zero-order valence-electron chi connectivity index (χ0n) is 12.2. The van der Waals surface area contributed by atoms with Gasteiger partial charge >= 0.3 is 12.1 Å². The van der Waals surface area contributed by atoms with Crippen LogP contribution in [0.25, 0.3) is 0 Å². The zero-order chi connectivity index (χ0) is 16.8. The minimum atomic E-state index is -4.44. The third-order valence-corrected chi connectivity index (χ3v) is 2.91. The summed E-state index contributed by atoms with van der Waals surface area (Å²) in [4.78, 5) is 23.0. The number of benzene rings is 1. The normalized spacial score (nSPS) is 12.6. The molecule has 2 N–H and O–H groups in total. The first kappa shape index (κ1) is 18.0. The van der Waals surface area contributed by atoms with Crippen LogP contribution in [0.2, 0.25) is 0 Å². The van der Waals surface area contributed by atoms with E-state index in [1.54, 1.807) is 7.05 Å². The highest BCUT2D eigenvalue weighted by Gasteiger charge is 2.30. The van der Waals surface area contributed by atoms with Crippen LogP contribution in [0.4, 0.5) is 13.2 Å². The Morgan fingerprint density at radius 2 is 1.82 bits per heavy atom. The van der Waals surface area contributed by atoms with Gasteiger partial charge < -0.3 is 15.4 Å². The molecule has 0 aromatic heterocycles. The van der Waals surface area contributed by atoms with Crippen LogP contribution in [0.5, 0.6) is 0 Å². The molecule has 0 fully saturated rings. The summed E-state index contributed by atoms with van der Waals surface area (Å²) in [5.41, 5.74) is -0.405. The van der Waals surface area contributed by atoms with Crippen LogP contribution in [0, 0.1) is 0 Å². The number of hydrogen-bond acceptors (Lipinski definition) is 4. The lowest BCUT2D eigenvalue weighted by molar-refractivity contribution is -0.141. The summed E-state index contributed by atoms with van der Waals surface area (Å²) < 4.78 is 42.2. The van der Waals surface area contributed by atoms with E-state index in [1.165, 1.54) is 19.2 Å². The largest absolute Gasteiger partial charge is 0.469 e. The Labute approximate surface area is 125 Å². The Kier molecular flexibility index (Phi) is 6.36. The maximum Gasteiger partial charge on any atom is 0.416 e. The van der Waals surface area contributed by atoms with Crippen molar-refractivity contribution in [2.75, 3.05) is 20.7 Å².